The molecule has 3 rings (SSSR count). The highest BCUT2D eigenvalue weighted by molar-refractivity contribution is 5.92. The van der Waals surface area contributed by atoms with Crippen molar-refractivity contribution in [2.45, 2.75) is 25.6 Å². The van der Waals surface area contributed by atoms with Crippen molar-refractivity contribution in [2.24, 2.45) is 5.73 Å². The number of halogens is 3. The van der Waals surface area contributed by atoms with Crippen molar-refractivity contribution in [1.82, 2.24) is 0 Å². The zero-order valence-corrected chi connectivity index (χ0v) is 15.1. The van der Waals surface area contributed by atoms with Crippen LogP contribution in [-0.2, 0) is 22.3 Å². The molecule has 0 aliphatic carbocycles. The Hall–Kier alpha value is -3.27. The van der Waals surface area contributed by atoms with Crippen molar-refractivity contribution >= 4 is 5.97 Å². The molecule has 1 aliphatic rings. The third kappa shape index (κ3) is 3.70. The molecule has 154 valence electrons. The van der Waals surface area contributed by atoms with Crippen LogP contribution in [0.3, 0.4) is 0 Å². The Kier molecular flexibility index (Phi) is 5.38. The first-order valence-electron chi connectivity index (χ1n) is 8.47. The maximum atomic E-state index is 13.7. The Morgan fingerprint density at radius 1 is 1.31 bits per heavy atom. The van der Waals surface area contributed by atoms with Gasteiger partial charge in [-0.3, -0.25) is 4.79 Å². The SMILES string of the molecule is CCOC(=O)C1=C(N)Oc2c(oc(CO)cc2=O)[C@H]1c1ccccc1C(F)(F)F. The van der Waals surface area contributed by atoms with Gasteiger partial charge in [-0.25, -0.2) is 4.79 Å². The summed E-state index contributed by atoms with van der Waals surface area (Å²) in [5, 5.41) is 9.33. The second kappa shape index (κ2) is 7.63. The number of aliphatic hydroxyl groups excluding tert-OH is 1. The maximum absolute atomic E-state index is 13.7. The van der Waals surface area contributed by atoms with Gasteiger partial charge in [0.25, 0.3) is 0 Å². The molecule has 29 heavy (non-hydrogen) atoms. The van der Waals surface area contributed by atoms with E-state index in [4.69, 9.17) is 19.6 Å². The number of esters is 1. The molecule has 1 aliphatic heterocycles. The molecule has 1 atom stereocenters. The van der Waals surface area contributed by atoms with E-state index in [0.29, 0.717) is 0 Å². The van der Waals surface area contributed by atoms with Gasteiger partial charge in [-0.1, -0.05) is 18.2 Å². The predicted molar refractivity (Wildman–Crippen MR) is 92.7 cm³/mol. The fourth-order valence-electron chi connectivity index (χ4n) is 3.09. The molecule has 1 aromatic heterocycles. The lowest BCUT2D eigenvalue weighted by molar-refractivity contribution is -0.141. The Morgan fingerprint density at radius 3 is 2.62 bits per heavy atom. The minimum Gasteiger partial charge on any atom is -0.462 e. The fraction of sp³-hybridized carbons (Fsp3) is 0.263. The van der Waals surface area contributed by atoms with Crippen molar-refractivity contribution < 1.29 is 37.0 Å². The standard InChI is InChI=1S/C19H16F3NO6/c1-2-27-18(26)14-13(10-5-3-4-6-11(10)19(20,21)22)16-15(29-17(14)23)12(25)7-9(8-24)28-16/h3-7,13,24H,2,8,23H2,1H3/t13-/m0/s1. The van der Waals surface area contributed by atoms with Crippen LogP contribution in [0.15, 0.2) is 51.0 Å². The molecule has 10 heteroatoms. The number of alkyl halides is 3. The van der Waals surface area contributed by atoms with Gasteiger partial charge in [0, 0.05) is 6.07 Å². The minimum absolute atomic E-state index is 0.0727. The summed E-state index contributed by atoms with van der Waals surface area (Å²) in [4.78, 5) is 24.8. The van der Waals surface area contributed by atoms with Crippen LogP contribution >= 0.6 is 0 Å². The van der Waals surface area contributed by atoms with Crippen LogP contribution in [0.5, 0.6) is 5.75 Å². The van der Waals surface area contributed by atoms with E-state index in [0.717, 1.165) is 18.2 Å². The summed E-state index contributed by atoms with van der Waals surface area (Å²) in [6.07, 6.45) is -4.77. The number of nitrogens with two attached hydrogens (primary N) is 1. The van der Waals surface area contributed by atoms with Crippen molar-refractivity contribution in [2.75, 3.05) is 6.61 Å². The average molecular weight is 411 g/mol. The molecule has 0 saturated heterocycles. The Balaban J connectivity index is 2.36. The highest BCUT2D eigenvalue weighted by atomic mass is 19.4. The lowest BCUT2D eigenvalue weighted by atomic mass is 9.84. The number of hydrogen-bond acceptors (Lipinski definition) is 7. The number of hydrogen-bond donors (Lipinski definition) is 2. The molecule has 0 bridgehead atoms. The topological polar surface area (TPSA) is 112 Å². The molecule has 2 heterocycles. The van der Waals surface area contributed by atoms with Crippen molar-refractivity contribution in [3.8, 4) is 5.75 Å². The Bertz CT molecular complexity index is 1040. The van der Waals surface area contributed by atoms with E-state index in [2.05, 4.69) is 0 Å². The molecule has 0 spiro atoms. The number of aliphatic hydroxyl groups is 1. The van der Waals surface area contributed by atoms with E-state index < -0.39 is 52.9 Å². The number of carbonyl (C=O) groups is 1. The van der Waals surface area contributed by atoms with Gasteiger partial charge in [-0.15, -0.1) is 0 Å². The molecule has 7 nitrogen and oxygen atoms in total. The van der Waals surface area contributed by atoms with E-state index in [-0.39, 0.29) is 23.7 Å². The summed E-state index contributed by atoms with van der Waals surface area (Å²) in [5.74, 6) is -4.17. The molecule has 3 N–H and O–H groups in total. The lowest BCUT2D eigenvalue weighted by Gasteiger charge is -2.28. The van der Waals surface area contributed by atoms with E-state index in [1.54, 1.807) is 0 Å². The molecule has 0 radical (unpaired) electrons. The molecule has 2 aromatic rings. The van der Waals surface area contributed by atoms with Crippen molar-refractivity contribution in [1.29, 1.82) is 0 Å². The van der Waals surface area contributed by atoms with Crippen LogP contribution in [0.2, 0.25) is 0 Å². The first kappa shape index (κ1) is 20.5. The summed E-state index contributed by atoms with van der Waals surface area (Å²) in [5.41, 5.74) is 3.16. The van der Waals surface area contributed by atoms with E-state index in [1.165, 1.54) is 19.1 Å². The van der Waals surface area contributed by atoms with Crippen LogP contribution in [0, 0.1) is 0 Å². The van der Waals surface area contributed by atoms with Crippen LogP contribution in [0.25, 0.3) is 0 Å². The van der Waals surface area contributed by atoms with Gasteiger partial charge < -0.3 is 24.7 Å². The number of fused-ring (bicyclic) bond motifs is 1. The van der Waals surface area contributed by atoms with Crippen LogP contribution in [-0.4, -0.2) is 17.7 Å². The largest absolute Gasteiger partial charge is 0.462 e. The molecule has 0 fully saturated rings. The number of ether oxygens (including phenoxy) is 2. The smallest absolute Gasteiger partial charge is 0.416 e. The summed E-state index contributed by atoms with van der Waals surface area (Å²) in [6, 6.07) is 5.42. The third-order valence-electron chi connectivity index (χ3n) is 4.24. The molecule has 0 unspecified atom stereocenters. The van der Waals surface area contributed by atoms with Crippen LogP contribution in [0.1, 0.15) is 35.5 Å². The third-order valence-corrected chi connectivity index (χ3v) is 4.24. The highest BCUT2D eigenvalue weighted by Crippen LogP contribution is 2.45. The number of rotatable bonds is 4. The van der Waals surface area contributed by atoms with Crippen molar-refractivity contribution in [3.05, 3.63) is 74.7 Å². The Labute approximate surface area is 162 Å². The quantitative estimate of drug-likeness (QED) is 0.743. The predicted octanol–water partition coefficient (Wildman–Crippen LogP) is 2.41. The van der Waals surface area contributed by atoms with Gasteiger partial charge in [0.1, 0.15) is 17.9 Å². The molecule has 0 saturated carbocycles. The molecular weight excluding hydrogens is 395 g/mol. The van der Waals surface area contributed by atoms with Crippen LogP contribution in [0.4, 0.5) is 13.2 Å². The molecule has 1 aromatic carbocycles. The van der Waals surface area contributed by atoms with E-state index >= 15 is 0 Å². The summed E-state index contributed by atoms with van der Waals surface area (Å²) < 4.78 is 56.5. The van der Waals surface area contributed by atoms with Gasteiger partial charge >= 0.3 is 12.1 Å². The minimum atomic E-state index is -4.77. The summed E-state index contributed by atoms with van der Waals surface area (Å²) in [7, 11) is 0. The first-order valence-corrected chi connectivity index (χ1v) is 8.47. The first-order chi connectivity index (χ1) is 13.7. The van der Waals surface area contributed by atoms with E-state index in [1.807, 2.05) is 0 Å². The van der Waals surface area contributed by atoms with Gasteiger partial charge in [0.15, 0.2) is 5.76 Å². The molecular formula is C19H16F3NO6. The van der Waals surface area contributed by atoms with Gasteiger partial charge in [0.2, 0.25) is 17.1 Å². The van der Waals surface area contributed by atoms with Crippen LogP contribution < -0.4 is 15.9 Å². The lowest BCUT2D eigenvalue weighted by Crippen LogP contribution is -2.31. The monoisotopic (exact) mass is 411 g/mol. The normalized spacial score (nSPS) is 16.2. The average Bonchev–Trinajstić information content (AvgIpc) is 2.67. The van der Waals surface area contributed by atoms with Gasteiger partial charge in [0.05, 0.1) is 18.1 Å². The maximum Gasteiger partial charge on any atom is 0.416 e. The second-order valence-corrected chi connectivity index (χ2v) is 6.05. The fourth-order valence-corrected chi connectivity index (χ4v) is 3.09. The van der Waals surface area contributed by atoms with E-state index in [9.17, 15) is 27.9 Å². The number of benzene rings is 1. The highest BCUT2D eigenvalue weighted by Gasteiger charge is 2.43. The van der Waals surface area contributed by atoms with Gasteiger partial charge in [-0.2, -0.15) is 13.2 Å². The zero-order valence-electron chi connectivity index (χ0n) is 15.1. The summed E-state index contributed by atoms with van der Waals surface area (Å²) in [6.45, 7) is 0.746. The Morgan fingerprint density at radius 2 is 2.00 bits per heavy atom. The van der Waals surface area contributed by atoms with Crippen molar-refractivity contribution in [3.63, 3.8) is 0 Å². The number of carbonyl (C=O) groups excluding carboxylic acids is 1. The van der Waals surface area contributed by atoms with Gasteiger partial charge in [-0.05, 0) is 18.6 Å². The second-order valence-electron chi connectivity index (χ2n) is 6.05. The summed E-state index contributed by atoms with van der Waals surface area (Å²) >= 11 is 0. The zero-order chi connectivity index (χ0) is 21.3. The molecule has 0 amide bonds.